The predicted octanol–water partition coefficient (Wildman–Crippen LogP) is 9.48. The van der Waals surface area contributed by atoms with E-state index in [1.54, 1.807) is 0 Å². The lowest BCUT2D eigenvalue weighted by atomic mass is 9.91. The van der Waals surface area contributed by atoms with Crippen LogP contribution in [0.2, 0.25) is 0 Å². The molecule has 4 aromatic rings. The fraction of sp³-hybridized carbons (Fsp3) is 0.118. The van der Waals surface area contributed by atoms with Crippen LogP contribution in [0, 0.1) is 0 Å². The van der Waals surface area contributed by atoms with E-state index >= 15 is 0 Å². The third-order valence-electron chi connectivity index (χ3n) is 6.67. The molecule has 0 heterocycles. The summed E-state index contributed by atoms with van der Waals surface area (Å²) in [6.45, 7) is 6.05. The van der Waals surface area contributed by atoms with Crippen molar-refractivity contribution in [2.24, 2.45) is 0 Å². The maximum atomic E-state index is 3.82. The van der Waals surface area contributed by atoms with Gasteiger partial charge in [-0.1, -0.05) is 109 Å². The molecule has 0 saturated carbocycles. The first-order valence-corrected chi connectivity index (χ1v) is 12.1. The van der Waals surface area contributed by atoms with Crippen molar-refractivity contribution < 1.29 is 0 Å². The van der Waals surface area contributed by atoms with Gasteiger partial charge in [-0.25, -0.2) is 0 Å². The summed E-state index contributed by atoms with van der Waals surface area (Å²) in [5.41, 5.74) is 7.90. The van der Waals surface area contributed by atoms with E-state index in [-0.39, 0.29) is 0 Å². The highest BCUT2D eigenvalue weighted by molar-refractivity contribution is 6.08. The maximum absolute atomic E-state index is 3.82. The van der Waals surface area contributed by atoms with Gasteiger partial charge in [-0.2, -0.15) is 0 Å². The molecule has 0 nitrogen and oxygen atoms in total. The molecule has 0 bridgehead atoms. The molecule has 1 aliphatic rings. The van der Waals surface area contributed by atoms with Crippen molar-refractivity contribution in [3.63, 3.8) is 0 Å². The van der Waals surface area contributed by atoms with Gasteiger partial charge >= 0.3 is 0 Å². The van der Waals surface area contributed by atoms with Crippen LogP contribution in [0.1, 0.15) is 36.5 Å². The summed E-state index contributed by atoms with van der Waals surface area (Å²) in [6, 6.07) is 28.6. The normalized spacial score (nSPS) is 15.1. The topological polar surface area (TPSA) is 0 Å². The number of aryl methyl sites for hydroxylation is 1. The van der Waals surface area contributed by atoms with Crippen LogP contribution >= 0.6 is 0 Å². The predicted molar refractivity (Wildman–Crippen MR) is 150 cm³/mol. The fourth-order valence-electron chi connectivity index (χ4n) is 4.78. The van der Waals surface area contributed by atoms with Gasteiger partial charge in [0.1, 0.15) is 0 Å². The molecular formula is C34H30. The Labute approximate surface area is 203 Å². The number of fused-ring (bicyclic) bond motifs is 2. The number of benzene rings is 4. The molecule has 166 valence electrons. The highest BCUT2D eigenvalue weighted by Crippen LogP contribution is 2.33. The van der Waals surface area contributed by atoms with Crippen molar-refractivity contribution >= 4 is 32.7 Å². The van der Waals surface area contributed by atoms with Crippen LogP contribution in [0.25, 0.3) is 32.7 Å². The Morgan fingerprint density at radius 3 is 2.15 bits per heavy atom. The molecule has 0 amide bonds. The minimum Gasteiger partial charge on any atom is -0.103 e. The highest BCUT2D eigenvalue weighted by atomic mass is 14.1. The van der Waals surface area contributed by atoms with Gasteiger partial charge in [0, 0.05) is 0 Å². The quantitative estimate of drug-likeness (QED) is 0.208. The van der Waals surface area contributed by atoms with E-state index in [1.165, 1.54) is 55.0 Å². The van der Waals surface area contributed by atoms with E-state index < -0.39 is 0 Å². The lowest BCUT2D eigenvalue weighted by Gasteiger charge is -2.13. The molecule has 4 aromatic carbocycles. The van der Waals surface area contributed by atoms with Crippen LogP contribution in [0.5, 0.6) is 0 Å². The third-order valence-corrected chi connectivity index (χ3v) is 6.67. The second kappa shape index (κ2) is 9.93. The van der Waals surface area contributed by atoms with E-state index in [0.717, 1.165) is 19.3 Å². The van der Waals surface area contributed by atoms with Gasteiger partial charge < -0.3 is 0 Å². The second-order valence-corrected chi connectivity index (χ2v) is 9.01. The molecule has 0 radical (unpaired) electrons. The Hall–Kier alpha value is -3.90. The van der Waals surface area contributed by atoms with Gasteiger partial charge in [0.05, 0.1) is 0 Å². The van der Waals surface area contributed by atoms with Crippen molar-refractivity contribution in [1.82, 2.24) is 0 Å². The highest BCUT2D eigenvalue weighted by Gasteiger charge is 2.09. The average molecular weight is 439 g/mol. The van der Waals surface area contributed by atoms with E-state index in [1.807, 2.05) is 6.08 Å². The van der Waals surface area contributed by atoms with Crippen LogP contribution in [-0.4, -0.2) is 0 Å². The molecule has 0 saturated heterocycles. The molecule has 1 aliphatic carbocycles. The third kappa shape index (κ3) is 4.58. The van der Waals surface area contributed by atoms with Gasteiger partial charge in [0.25, 0.3) is 0 Å². The van der Waals surface area contributed by atoms with E-state index in [2.05, 4.69) is 123 Å². The molecule has 0 N–H and O–H groups in total. The number of rotatable bonds is 6. The Balaban J connectivity index is 1.40. The second-order valence-electron chi connectivity index (χ2n) is 9.01. The molecule has 0 heteroatoms. The van der Waals surface area contributed by atoms with Gasteiger partial charge in [-0.15, -0.1) is 6.58 Å². The summed E-state index contributed by atoms with van der Waals surface area (Å²) < 4.78 is 0. The molecule has 0 atom stereocenters. The summed E-state index contributed by atoms with van der Waals surface area (Å²) in [7, 11) is 0. The van der Waals surface area contributed by atoms with Crippen LogP contribution < -0.4 is 0 Å². The summed E-state index contributed by atoms with van der Waals surface area (Å²) >= 11 is 0. The van der Waals surface area contributed by atoms with Gasteiger partial charge in [-0.3, -0.25) is 0 Å². The maximum Gasteiger partial charge on any atom is -0.00701 e. The summed E-state index contributed by atoms with van der Waals surface area (Å²) in [6.07, 6.45) is 16.4. The lowest BCUT2D eigenvalue weighted by Crippen LogP contribution is -1.90. The monoisotopic (exact) mass is 438 g/mol. The van der Waals surface area contributed by atoms with E-state index in [0.29, 0.717) is 0 Å². The molecule has 0 aromatic heterocycles. The first-order chi connectivity index (χ1) is 16.7. The zero-order valence-electron chi connectivity index (χ0n) is 19.8. The van der Waals surface area contributed by atoms with E-state index in [4.69, 9.17) is 0 Å². The molecule has 0 unspecified atom stereocenters. The van der Waals surface area contributed by atoms with E-state index in [9.17, 15) is 0 Å². The van der Waals surface area contributed by atoms with Crippen molar-refractivity contribution in [3.05, 3.63) is 144 Å². The Kier molecular flexibility index (Phi) is 6.40. The smallest absolute Gasteiger partial charge is 0.00701 e. The SMILES string of the molecule is C=CCCc1ccc(C2=CCC(=CC=C(C)c3c4ccccc4cc4ccccc34)C=C2)cc1. The van der Waals surface area contributed by atoms with Crippen molar-refractivity contribution in [2.45, 2.75) is 26.2 Å². The van der Waals surface area contributed by atoms with Gasteiger partial charge in [0.15, 0.2) is 0 Å². The fourth-order valence-corrected chi connectivity index (χ4v) is 4.78. The summed E-state index contributed by atoms with van der Waals surface area (Å²) in [5, 5.41) is 5.20. The van der Waals surface area contributed by atoms with Crippen molar-refractivity contribution in [1.29, 1.82) is 0 Å². The summed E-state index contributed by atoms with van der Waals surface area (Å²) in [5.74, 6) is 0. The Morgan fingerprint density at radius 1 is 0.853 bits per heavy atom. The molecule has 34 heavy (non-hydrogen) atoms. The standard InChI is InChI=1S/C34H30/c1-3-4-9-26-16-20-28(21-17-26)29-22-18-27(19-23-29)15-14-25(2)34-32-12-7-5-10-30(32)24-31-11-6-8-13-33(31)34/h3,5-8,10-18,20-24H,1,4,9,19H2,2H3. The van der Waals surface area contributed by atoms with Crippen molar-refractivity contribution in [3.8, 4) is 0 Å². The Bertz CT molecular complexity index is 1420. The Morgan fingerprint density at radius 2 is 1.53 bits per heavy atom. The minimum absolute atomic E-state index is 0.949. The lowest BCUT2D eigenvalue weighted by molar-refractivity contribution is 1.00. The van der Waals surface area contributed by atoms with Crippen molar-refractivity contribution in [2.75, 3.05) is 0 Å². The molecule has 0 spiro atoms. The zero-order chi connectivity index (χ0) is 23.3. The minimum atomic E-state index is 0.949. The zero-order valence-corrected chi connectivity index (χ0v) is 19.8. The largest absolute Gasteiger partial charge is 0.103 e. The average Bonchev–Trinajstić information content (AvgIpc) is 2.89. The molecule has 0 fully saturated rings. The van der Waals surface area contributed by atoms with Gasteiger partial charge in [-0.05, 0) is 87.2 Å². The van der Waals surface area contributed by atoms with Crippen LogP contribution in [0.4, 0.5) is 0 Å². The number of hydrogen-bond acceptors (Lipinski definition) is 0. The number of allylic oxidation sites excluding steroid dienone is 9. The van der Waals surface area contributed by atoms with Crippen LogP contribution in [0.3, 0.4) is 0 Å². The first-order valence-electron chi connectivity index (χ1n) is 12.1. The van der Waals surface area contributed by atoms with Crippen LogP contribution in [0.15, 0.2) is 127 Å². The molecule has 5 rings (SSSR count). The first kappa shape index (κ1) is 21.9. The molecular weight excluding hydrogens is 408 g/mol. The van der Waals surface area contributed by atoms with Crippen LogP contribution in [-0.2, 0) is 6.42 Å². The summed E-state index contributed by atoms with van der Waals surface area (Å²) in [4.78, 5) is 0. The molecule has 0 aliphatic heterocycles. The number of hydrogen-bond donors (Lipinski definition) is 0. The van der Waals surface area contributed by atoms with Gasteiger partial charge in [0.2, 0.25) is 0 Å².